The third kappa shape index (κ3) is 5.12. The van der Waals surface area contributed by atoms with Gasteiger partial charge in [-0.15, -0.1) is 0 Å². The molecule has 13 heteroatoms. The first-order chi connectivity index (χ1) is 21.0. The fourth-order valence-electron chi connectivity index (χ4n) is 5.54. The van der Waals surface area contributed by atoms with E-state index in [2.05, 4.69) is 30.2 Å². The van der Waals surface area contributed by atoms with Gasteiger partial charge in [0.05, 0.1) is 32.7 Å². The molecule has 216 valence electrons. The lowest BCUT2D eigenvalue weighted by atomic mass is 9.95. The lowest BCUT2D eigenvalue weighted by molar-refractivity contribution is -0.114. The Morgan fingerprint density at radius 3 is 2.53 bits per heavy atom. The van der Waals surface area contributed by atoms with Gasteiger partial charge in [-0.1, -0.05) is 22.9 Å². The van der Waals surface area contributed by atoms with Crippen LogP contribution in [0.3, 0.4) is 0 Å². The molecule has 1 aliphatic heterocycles. The van der Waals surface area contributed by atoms with E-state index in [1.165, 1.54) is 18.3 Å². The van der Waals surface area contributed by atoms with Crippen molar-refractivity contribution in [3.63, 3.8) is 0 Å². The van der Waals surface area contributed by atoms with E-state index in [4.69, 9.17) is 16.7 Å². The number of carbonyl (C=O) groups excluding carboxylic acids is 2. The highest BCUT2D eigenvalue weighted by atomic mass is 35.5. The summed E-state index contributed by atoms with van der Waals surface area (Å²) in [6.45, 7) is 3.88. The number of thiazole rings is 1. The van der Waals surface area contributed by atoms with Gasteiger partial charge in [0.2, 0.25) is 11.9 Å². The van der Waals surface area contributed by atoms with Crippen molar-refractivity contribution in [2.45, 2.75) is 19.8 Å². The average Bonchev–Trinajstić information content (AvgIpc) is 3.62. The highest BCUT2D eigenvalue weighted by molar-refractivity contribution is 7.19. The SMILES string of the molecule is CC(=O)Nc1nc2c(s1)-c1c(c(-c3cccnc3)nn1-c1ccc(C(=O)N3CCN(c4ncccn4)CC3)cc1Cl)CC2. The van der Waals surface area contributed by atoms with Crippen LogP contribution in [0.1, 0.15) is 28.5 Å². The molecule has 5 aromatic rings. The molecule has 5 heterocycles. The number of hydrogen-bond acceptors (Lipinski definition) is 9. The highest BCUT2D eigenvalue weighted by Gasteiger charge is 2.31. The number of amides is 2. The quantitative estimate of drug-likeness (QED) is 0.308. The third-order valence-electron chi connectivity index (χ3n) is 7.55. The van der Waals surface area contributed by atoms with E-state index in [-0.39, 0.29) is 11.8 Å². The molecule has 2 amide bonds. The second-order valence-corrected chi connectivity index (χ2v) is 11.7. The lowest BCUT2D eigenvalue weighted by Crippen LogP contribution is -2.49. The number of carbonyl (C=O) groups is 2. The number of piperazine rings is 1. The van der Waals surface area contributed by atoms with Gasteiger partial charge in [0.25, 0.3) is 5.91 Å². The van der Waals surface area contributed by atoms with Crippen LogP contribution < -0.4 is 10.2 Å². The number of aromatic nitrogens is 6. The molecule has 0 atom stereocenters. The summed E-state index contributed by atoms with van der Waals surface area (Å²) >= 11 is 8.33. The number of fused-ring (bicyclic) bond motifs is 3. The number of rotatable bonds is 5. The summed E-state index contributed by atoms with van der Waals surface area (Å²) in [5, 5.41) is 8.80. The van der Waals surface area contributed by atoms with Gasteiger partial charge in [-0.3, -0.25) is 14.6 Å². The molecule has 1 saturated heterocycles. The third-order valence-corrected chi connectivity index (χ3v) is 8.87. The molecule has 0 bridgehead atoms. The van der Waals surface area contributed by atoms with Gasteiger partial charge in [-0.05, 0) is 49.2 Å². The molecule has 1 N–H and O–H groups in total. The summed E-state index contributed by atoms with van der Waals surface area (Å²) in [7, 11) is 0. The van der Waals surface area contributed by atoms with E-state index in [0.29, 0.717) is 53.5 Å². The summed E-state index contributed by atoms with van der Waals surface area (Å²) in [4.78, 5) is 47.7. The number of halogens is 1. The topological polar surface area (TPSA) is 122 Å². The normalized spacial score (nSPS) is 14.3. The van der Waals surface area contributed by atoms with Crippen LogP contribution in [-0.2, 0) is 17.6 Å². The Morgan fingerprint density at radius 1 is 1.00 bits per heavy atom. The highest BCUT2D eigenvalue weighted by Crippen LogP contribution is 2.44. The van der Waals surface area contributed by atoms with E-state index < -0.39 is 0 Å². The summed E-state index contributed by atoms with van der Waals surface area (Å²) in [5.74, 6) is 0.419. The number of nitrogens with one attached hydrogen (secondary N) is 1. The fraction of sp³-hybridized carbons (Fsp3) is 0.233. The number of anilines is 2. The molecule has 0 radical (unpaired) electrons. The van der Waals surface area contributed by atoms with Gasteiger partial charge in [-0.2, -0.15) is 5.10 Å². The number of hydrogen-bond donors (Lipinski definition) is 1. The predicted octanol–water partition coefficient (Wildman–Crippen LogP) is 4.52. The maximum atomic E-state index is 13.5. The minimum atomic E-state index is -0.172. The van der Waals surface area contributed by atoms with Crippen LogP contribution >= 0.6 is 22.9 Å². The van der Waals surface area contributed by atoms with E-state index >= 15 is 0 Å². The number of benzene rings is 1. The van der Waals surface area contributed by atoms with Crippen LogP contribution in [0, 0.1) is 0 Å². The van der Waals surface area contributed by atoms with Crippen molar-refractivity contribution in [3.05, 3.63) is 83.0 Å². The maximum Gasteiger partial charge on any atom is 0.254 e. The van der Waals surface area contributed by atoms with Gasteiger partial charge in [0.15, 0.2) is 5.13 Å². The second kappa shape index (κ2) is 11.2. The van der Waals surface area contributed by atoms with Crippen molar-refractivity contribution >= 4 is 45.8 Å². The molecule has 1 aliphatic carbocycles. The van der Waals surface area contributed by atoms with Crippen molar-refractivity contribution < 1.29 is 9.59 Å². The molecular formula is C30H26ClN9O2S. The summed E-state index contributed by atoms with van der Waals surface area (Å²) in [6.07, 6.45) is 8.42. The molecule has 0 spiro atoms. The Balaban J connectivity index is 1.22. The van der Waals surface area contributed by atoms with Crippen LogP contribution in [0.25, 0.3) is 27.5 Å². The van der Waals surface area contributed by atoms with Crippen molar-refractivity contribution in [1.29, 1.82) is 0 Å². The Morgan fingerprint density at radius 2 is 1.81 bits per heavy atom. The van der Waals surface area contributed by atoms with Crippen molar-refractivity contribution in [2.75, 3.05) is 36.4 Å². The molecular weight excluding hydrogens is 586 g/mol. The van der Waals surface area contributed by atoms with Crippen LogP contribution in [0.15, 0.2) is 61.2 Å². The van der Waals surface area contributed by atoms with E-state index in [1.807, 2.05) is 27.8 Å². The van der Waals surface area contributed by atoms with Gasteiger partial charge >= 0.3 is 0 Å². The average molecular weight is 612 g/mol. The molecule has 0 unspecified atom stereocenters. The largest absolute Gasteiger partial charge is 0.337 e. The Labute approximate surface area is 256 Å². The van der Waals surface area contributed by atoms with Crippen LogP contribution in [0.4, 0.5) is 11.1 Å². The zero-order valence-corrected chi connectivity index (χ0v) is 24.8. The zero-order chi connectivity index (χ0) is 29.5. The molecule has 0 saturated carbocycles. The number of pyridine rings is 1. The molecule has 1 aromatic carbocycles. The van der Waals surface area contributed by atoms with Gasteiger partial charge in [0.1, 0.15) is 0 Å². The minimum absolute atomic E-state index is 0.0784. The summed E-state index contributed by atoms with van der Waals surface area (Å²) in [6, 6.07) is 11.0. The summed E-state index contributed by atoms with van der Waals surface area (Å²) in [5.41, 5.74) is 5.74. The maximum absolute atomic E-state index is 13.5. The first-order valence-corrected chi connectivity index (χ1v) is 15.1. The standard InChI is InChI=1S/C30H26ClN9O2S/c1-18(41)35-30-36-23-7-6-21-25(20-4-2-9-32-17-20)37-40(26(21)27(23)43-30)24-8-5-19(16-22(24)31)28(42)38-12-14-39(15-13-38)29-33-10-3-11-34-29/h2-5,8-11,16-17H,6-7,12-15H2,1H3,(H,35,36,41). The van der Waals surface area contributed by atoms with Crippen molar-refractivity contribution in [2.24, 2.45) is 0 Å². The van der Waals surface area contributed by atoms with E-state index in [0.717, 1.165) is 45.9 Å². The first kappa shape index (κ1) is 27.2. The smallest absolute Gasteiger partial charge is 0.254 e. The Hall–Kier alpha value is -4.68. The molecule has 11 nitrogen and oxygen atoms in total. The van der Waals surface area contributed by atoms with E-state index in [9.17, 15) is 9.59 Å². The molecule has 1 fully saturated rings. The van der Waals surface area contributed by atoms with Gasteiger partial charge < -0.3 is 15.1 Å². The van der Waals surface area contributed by atoms with E-state index in [1.54, 1.807) is 43.0 Å². The van der Waals surface area contributed by atoms with Gasteiger partial charge in [0, 0.05) is 74.6 Å². The summed E-state index contributed by atoms with van der Waals surface area (Å²) < 4.78 is 1.83. The van der Waals surface area contributed by atoms with Crippen LogP contribution in [0.5, 0.6) is 0 Å². The number of aryl methyl sites for hydroxylation is 1. The molecule has 4 aromatic heterocycles. The van der Waals surface area contributed by atoms with Crippen molar-refractivity contribution in [1.82, 2.24) is 34.6 Å². The Bertz CT molecular complexity index is 1830. The number of nitrogens with zero attached hydrogens (tertiary/aromatic N) is 8. The first-order valence-electron chi connectivity index (χ1n) is 13.9. The zero-order valence-electron chi connectivity index (χ0n) is 23.2. The molecule has 2 aliphatic rings. The molecule has 43 heavy (non-hydrogen) atoms. The van der Waals surface area contributed by atoms with Crippen LogP contribution in [0.2, 0.25) is 5.02 Å². The van der Waals surface area contributed by atoms with Gasteiger partial charge in [-0.25, -0.2) is 19.6 Å². The Kier molecular flexibility index (Phi) is 7.07. The lowest BCUT2D eigenvalue weighted by Gasteiger charge is -2.34. The van der Waals surface area contributed by atoms with Crippen LogP contribution in [-0.4, -0.2) is 72.6 Å². The monoisotopic (exact) mass is 611 g/mol. The second-order valence-electron chi connectivity index (χ2n) is 10.3. The fourth-order valence-corrected chi connectivity index (χ4v) is 6.92. The van der Waals surface area contributed by atoms with Crippen molar-refractivity contribution in [3.8, 4) is 27.5 Å². The predicted molar refractivity (Wildman–Crippen MR) is 165 cm³/mol. The molecule has 7 rings (SSSR count). The minimum Gasteiger partial charge on any atom is -0.337 e.